The van der Waals surface area contributed by atoms with Crippen LogP contribution in [0, 0.1) is 0 Å². The van der Waals surface area contributed by atoms with Gasteiger partial charge in [0.1, 0.15) is 5.75 Å². The van der Waals surface area contributed by atoms with Crippen LogP contribution >= 0.6 is 0 Å². The summed E-state index contributed by atoms with van der Waals surface area (Å²) in [6.45, 7) is 0. The Bertz CT molecular complexity index is 1020. The second kappa shape index (κ2) is 8.14. The number of hydrogen-bond acceptors (Lipinski definition) is 5. The minimum absolute atomic E-state index is 0.223. The van der Waals surface area contributed by atoms with Crippen molar-refractivity contribution in [3.05, 3.63) is 96.6 Å². The zero-order chi connectivity index (χ0) is 19.2. The van der Waals surface area contributed by atoms with Crippen LogP contribution in [0.3, 0.4) is 0 Å². The molecule has 0 aliphatic rings. The van der Waals surface area contributed by atoms with E-state index in [1.807, 2.05) is 66.7 Å². The van der Waals surface area contributed by atoms with Gasteiger partial charge in [0, 0.05) is 17.2 Å². The number of anilines is 1. The lowest BCUT2D eigenvalue weighted by molar-refractivity contribution is 0.475. The molecular formula is C23H18N4O. The van der Waals surface area contributed by atoms with Gasteiger partial charge in [0.05, 0.1) is 11.9 Å². The first-order valence-electron chi connectivity index (χ1n) is 8.86. The average Bonchev–Trinajstić information content (AvgIpc) is 2.76. The van der Waals surface area contributed by atoms with E-state index in [0.29, 0.717) is 11.6 Å². The third kappa shape index (κ3) is 4.22. The van der Waals surface area contributed by atoms with Crippen LogP contribution in [0.1, 0.15) is 5.56 Å². The van der Waals surface area contributed by atoms with Gasteiger partial charge in [0.25, 0.3) is 0 Å². The summed E-state index contributed by atoms with van der Waals surface area (Å²) in [7, 11) is 0. The number of phenols is 1. The molecule has 136 valence electrons. The maximum atomic E-state index is 9.36. The summed E-state index contributed by atoms with van der Waals surface area (Å²) in [6.07, 6.45) is 1.67. The standard InChI is InChI=1S/C23H18N4O/c28-20-13-11-17(12-14-20)16-24-27-22-15-21(18-7-3-1-4-8-18)25-23(26-22)19-9-5-2-6-10-19/h1-16,28H,(H,25,26,27)/b24-16-. The molecule has 0 aliphatic carbocycles. The topological polar surface area (TPSA) is 70.4 Å². The molecule has 4 rings (SSSR count). The monoisotopic (exact) mass is 366 g/mol. The third-order valence-electron chi connectivity index (χ3n) is 4.11. The highest BCUT2D eigenvalue weighted by Crippen LogP contribution is 2.24. The van der Waals surface area contributed by atoms with Gasteiger partial charge in [-0.15, -0.1) is 0 Å². The van der Waals surface area contributed by atoms with Crippen molar-refractivity contribution in [2.24, 2.45) is 5.10 Å². The molecule has 0 amide bonds. The van der Waals surface area contributed by atoms with E-state index in [1.165, 1.54) is 0 Å². The number of aromatic hydroxyl groups is 1. The molecule has 5 heteroatoms. The predicted octanol–water partition coefficient (Wildman–Crippen LogP) is 4.96. The first kappa shape index (κ1) is 17.4. The Morgan fingerprint density at radius 2 is 1.39 bits per heavy atom. The Morgan fingerprint density at radius 1 is 0.750 bits per heavy atom. The van der Waals surface area contributed by atoms with Crippen LogP contribution in [0.15, 0.2) is 96.1 Å². The van der Waals surface area contributed by atoms with E-state index >= 15 is 0 Å². The highest BCUT2D eigenvalue weighted by atomic mass is 16.3. The van der Waals surface area contributed by atoms with Crippen LogP contribution in [0.2, 0.25) is 0 Å². The smallest absolute Gasteiger partial charge is 0.162 e. The van der Waals surface area contributed by atoms with Gasteiger partial charge >= 0.3 is 0 Å². The zero-order valence-corrected chi connectivity index (χ0v) is 15.0. The first-order chi connectivity index (χ1) is 13.8. The Kier molecular flexibility index (Phi) is 5.06. The molecule has 0 saturated carbocycles. The second-order valence-corrected chi connectivity index (χ2v) is 6.16. The molecule has 2 N–H and O–H groups in total. The SMILES string of the molecule is Oc1ccc(/C=N\Nc2cc(-c3ccccc3)nc(-c3ccccc3)n2)cc1. The number of hydrogen-bond donors (Lipinski definition) is 2. The summed E-state index contributed by atoms with van der Waals surface area (Å²) < 4.78 is 0. The van der Waals surface area contributed by atoms with Gasteiger partial charge < -0.3 is 5.11 Å². The molecule has 0 unspecified atom stereocenters. The van der Waals surface area contributed by atoms with E-state index in [4.69, 9.17) is 4.98 Å². The van der Waals surface area contributed by atoms with Gasteiger partial charge in [-0.25, -0.2) is 9.97 Å². The molecule has 5 nitrogen and oxygen atoms in total. The molecule has 1 heterocycles. The Hall–Kier alpha value is -3.99. The van der Waals surface area contributed by atoms with Crippen LogP contribution in [-0.2, 0) is 0 Å². The largest absolute Gasteiger partial charge is 0.508 e. The van der Waals surface area contributed by atoms with Gasteiger partial charge in [0.15, 0.2) is 11.6 Å². The van der Waals surface area contributed by atoms with Crippen molar-refractivity contribution < 1.29 is 5.11 Å². The van der Waals surface area contributed by atoms with Crippen LogP contribution in [0.5, 0.6) is 5.75 Å². The Balaban J connectivity index is 1.66. The van der Waals surface area contributed by atoms with Crippen molar-refractivity contribution >= 4 is 12.0 Å². The van der Waals surface area contributed by atoms with Crippen LogP contribution in [-0.4, -0.2) is 21.3 Å². The normalized spacial score (nSPS) is 10.9. The molecule has 4 aromatic rings. The van der Waals surface area contributed by atoms with Crippen molar-refractivity contribution in [3.63, 3.8) is 0 Å². The second-order valence-electron chi connectivity index (χ2n) is 6.16. The van der Waals surface area contributed by atoms with Gasteiger partial charge in [-0.3, -0.25) is 5.43 Å². The number of nitrogens with zero attached hydrogens (tertiary/aromatic N) is 3. The minimum atomic E-state index is 0.223. The Morgan fingerprint density at radius 3 is 2.07 bits per heavy atom. The quantitative estimate of drug-likeness (QED) is 0.387. The van der Waals surface area contributed by atoms with E-state index in [-0.39, 0.29) is 5.75 Å². The van der Waals surface area contributed by atoms with Gasteiger partial charge in [0.2, 0.25) is 0 Å². The van der Waals surface area contributed by atoms with E-state index in [1.54, 1.807) is 30.5 Å². The number of nitrogens with one attached hydrogen (secondary N) is 1. The molecule has 0 spiro atoms. The maximum absolute atomic E-state index is 9.36. The van der Waals surface area contributed by atoms with E-state index in [2.05, 4.69) is 15.5 Å². The minimum Gasteiger partial charge on any atom is -0.508 e. The van der Waals surface area contributed by atoms with Crippen molar-refractivity contribution in [3.8, 4) is 28.4 Å². The van der Waals surface area contributed by atoms with Crippen molar-refractivity contribution in [1.29, 1.82) is 0 Å². The van der Waals surface area contributed by atoms with E-state index < -0.39 is 0 Å². The fourth-order valence-corrected chi connectivity index (χ4v) is 2.71. The summed E-state index contributed by atoms with van der Waals surface area (Å²) in [6, 6.07) is 28.5. The lowest BCUT2D eigenvalue weighted by Gasteiger charge is -2.08. The Labute approximate surface area is 163 Å². The summed E-state index contributed by atoms with van der Waals surface area (Å²) in [4.78, 5) is 9.32. The van der Waals surface area contributed by atoms with Gasteiger partial charge in [-0.05, 0) is 29.8 Å². The zero-order valence-electron chi connectivity index (χ0n) is 15.0. The van der Waals surface area contributed by atoms with E-state index in [0.717, 1.165) is 22.4 Å². The summed E-state index contributed by atoms with van der Waals surface area (Å²) in [5.41, 5.74) is 6.61. The fourth-order valence-electron chi connectivity index (χ4n) is 2.71. The molecule has 0 atom stereocenters. The van der Waals surface area contributed by atoms with Gasteiger partial charge in [-0.2, -0.15) is 5.10 Å². The lowest BCUT2D eigenvalue weighted by Crippen LogP contribution is -1.99. The number of hydrazone groups is 1. The van der Waals surface area contributed by atoms with Crippen LogP contribution in [0.25, 0.3) is 22.6 Å². The highest BCUT2D eigenvalue weighted by Gasteiger charge is 2.08. The van der Waals surface area contributed by atoms with Crippen molar-refractivity contribution in [1.82, 2.24) is 9.97 Å². The molecule has 28 heavy (non-hydrogen) atoms. The molecule has 0 saturated heterocycles. The van der Waals surface area contributed by atoms with Crippen molar-refractivity contribution in [2.75, 3.05) is 5.43 Å². The lowest BCUT2D eigenvalue weighted by atomic mass is 10.1. The molecule has 0 fully saturated rings. The number of aromatic nitrogens is 2. The molecule has 1 aromatic heterocycles. The highest BCUT2D eigenvalue weighted by molar-refractivity contribution is 5.80. The predicted molar refractivity (Wildman–Crippen MR) is 112 cm³/mol. The molecular weight excluding hydrogens is 348 g/mol. The maximum Gasteiger partial charge on any atom is 0.162 e. The van der Waals surface area contributed by atoms with Crippen LogP contribution in [0.4, 0.5) is 5.82 Å². The fraction of sp³-hybridized carbons (Fsp3) is 0. The molecule has 0 aliphatic heterocycles. The molecule has 0 bridgehead atoms. The molecule has 3 aromatic carbocycles. The number of benzene rings is 3. The first-order valence-corrected chi connectivity index (χ1v) is 8.86. The summed E-state index contributed by atoms with van der Waals surface area (Å²) in [5, 5.41) is 13.6. The van der Waals surface area contributed by atoms with E-state index in [9.17, 15) is 5.11 Å². The molecule has 0 radical (unpaired) electrons. The van der Waals surface area contributed by atoms with Gasteiger partial charge in [-0.1, -0.05) is 60.7 Å². The third-order valence-corrected chi connectivity index (χ3v) is 4.11. The van der Waals surface area contributed by atoms with Crippen LogP contribution < -0.4 is 5.43 Å². The summed E-state index contributed by atoms with van der Waals surface area (Å²) in [5.74, 6) is 1.45. The summed E-state index contributed by atoms with van der Waals surface area (Å²) >= 11 is 0. The number of rotatable bonds is 5. The average molecular weight is 366 g/mol. The van der Waals surface area contributed by atoms with Crippen molar-refractivity contribution in [2.45, 2.75) is 0 Å². The number of phenolic OH excluding ortho intramolecular Hbond substituents is 1.